The molecule has 1 unspecified atom stereocenters. The first-order chi connectivity index (χ1) is 10.1. The van der Waals surface area contributed by atoms with Gasteiger partial charge in [0.15, 0.2) is 0 Å². The Kier molecular flexibility index (Phi) is 5.14. The third kappa shape index (κ3) is 2.99. The van der Waals surface area contributed by atoms with Crippen molar-refractivity contribution in [1.82, 2.24) is 10.2 Å². The Hall–Kier alpha value is -1.52. The molecule has 1 saturated heterocycles. The summed E-state index contributed by atoms with van der Waals surface area (Å²) in [6.45, 7) is 8.76. The topological polar surface area (TPSA) is 45.5 Å². The van der Waals surface area contributed by atoms with E-state index in [1.807, 2.05) is 4.90 Å². The number of aryl methyl sites for hydroxylation is 2. The lowest BCUT2D eigenvalue weighted by Gasteiger charge is -2.34. The first-order valence-corrected chi connectivity index (χ1v) is 7.54. The number of halogens is 1. The van der Waals surface area contributed by atoms with Crippen molar-refractivity contribution in [3.05, 3.63) is 35.1 Å². The fourth-order valence-electron chi connectivity index (χ4n) is 3.00. The van der Waals surface area contributed by atoms with Crippen molar-refractivity contribution in [2.75, 3.05) is 19.6 Å². The third-order valence-electron chi connectivity index (χ3n) is 4.51. The molecule has 3 rings (SSSR count). The molecule has 1 atom stereocenters. The fourth-order valence-corrected chi connectivity index (χ4v) is 3.00. The standard InChI is InChI=1S/C17H22N2O2.ClH/c1-11-4-5-15-14(10-21-17(15)13(11)3)8-16(20)19-7-6-18-9-12(19)2;/h4-5,10,12,18H,6-9H2,1-3H3;1H. The van der Waals surface area contributed by atoms with Crippen LogP contribution in [0.4, 0.5) is 0 Å². The van der Waals surface area contributed by atoms with Crippen molar-refractivity contribution < 1.29 is 9.21 Å². The predicted molar refractivity (Wildman–Crippen MR) is 90.7 cm³/mol. The number of carbonyl (C=O) groups is 1. The van der Waals surface area contributed by atoms with Crippen LogP contribution in [0.5, 0.6) is 0 Å². The molecular formula is C17H23ClN2O2. The number of furan rings is 1. The summed E-state index contributed by atoms with van der Waals surface area (Å²) in [6.07, 6.45) is 2.15. The van der Waals surface area contributed by atoms with Crippen LogP contribution < -0.4 is 5.32 Å². The van der Waals surface area contributed by atoms with Crippen LogP contribution in [0.2, 0.25) is 0 Å². The molecule has 0 aliphatic carbocycles. The van der Waals surface area contributed by atoms with Gasteiger partial charge in [0.05, 0.1) is 12.7 Å². The Bertz CT molecular complexity index is 681. The van der Waals surface area contributed by atoms with E-state index in [4.69, 9.17) is 4.42 Å². The van der Waals surface area contributed by atoms with Crippen LogP contribution in [0.3, 0.4) is 0 Å². The van der Waals surface area contributed by atoms with Crippen molar-refractivity contribution in [2.45, 2.75) is 33.2 Å². The smallest absolute Gasteiger partial charge is 0.227 e. The van der Waals surface area contributed by atoms with Gasteiger partial charge in [-0.3, -0.25) is 4.79 Å². The second-order valence-electron chi connectivity index (χ2n) is 5.96. The van der Waals surface area contributed by atoms with Crippen LogP contribution in [-0.4, -0.2) is 36.5 Å². The monoisotopic (exact) mass is 322 g/mol. The second kappa shape index (κ2) is 6.71. The second-order valence-corrected chi connectivity index (χ2v) is 5.96. The average molecular weight is 323 g/mol. The Morgan fingerprint density at radius 2 is 2.18 bits per heavy atom. The summed E-state index contributed by atoms with van der Waals surface area (Å²) in [7, 11) is 0. The third-order valence-corrected chi connectivity index (χ3v) is 4.51. The molecule has 5 heteroatoms. The minimum atomic E-state index is 0. The van der Waals surface area contributed by atoms with E-state index in [9.17, 15) is 4.79 Å². The van der Waals surface area contributed by atoms with Crippen LogP contribution in [0, 0.1) is 13.8 Å². The number of nitrogens with zero attached hydrogens (tertiary/aromatic N) is 1. The Balaban J connectivity index is 0.00000176. The fraction of sp³-hybridized carbons (Fsp3) is 0.471. The summed E-state index contributed by atoms with van der Waals surface area (Å²) in [5, 5.41) is 4.37. The normalized spacial score (nSPS) is 18.3. The number of fused-ring (bicyclic) bond motifs is 1. The predicted octanol–water partition coefficient (Wildman–Crippen LogP) is 2.83. The molecule has 1 aliphatic heterocycles. The molecule has 2 heterocycles. The average Bonchev–Trinajstić information content (AvgIpc) is 2.87. The first-order valence-electron chi connectivity index (χ1n) is 7.54. The van der Waals surface area contributed by atoms with Crippen molar-refractivity contribution in [3.8, 4) is 0 Å². The molecular weight excluding hydrogens is 300 g/mol. The molecule has 1 fully saturated rings. The molecule has 1 amide bonds. The van der Waals surface area contributed by atoms with Crippen LogP contribution in [0.25, 0.3) is 11.0 Å². The van der Waals surface area contributed by atoms with Crippen molar-refractivity contribution in [2.24, 2.45) is 0 Å². The lowest BCUT2D eigenvalue weighted by molar-refractivity contribution is -0.133. The maximum Gasteiger partial charge on any atom is 0.227 e. The highest BCUT2D eigenvalue weighted by Crippen LogP contribution is 2.27. The molecule has 1 aromatic heterocycles. The van der Waals surface area contributed by atoms with Gasteiger partial charge >= 0.3 is 0 Å². The van der Waals surface area contributed by atoms with E-state index in [2.05, 4.69) is 38.2 Å². The number of benzene rings is 1. The van der Waals surface area contributed by atoms with Crippen molar-refractivity contribution in [3.63, 3.8) is 0 Å². The molecule has 2 aromatic rings. The minimum absolute atomic E-state index is 0. The molecule has 22 heavy (non-hydrogen) atoms. The van der Waals surface area contributed by atoms with Gasteiger partial charge in [0.2, 0.25) is 5.91 Å². The van der Waals surface area contributed by atoms with Crippen LogP contribution in [-0.2, 0) is 11.2 Å². The summed E-state index contributed by atoms with van der Waals surface area (Å²) < 4.78 is 5.69. The number of rotatable bonds is 2. The van der Waals surface area contributed by atoms with E-state index in [1.165, 1.54) is 5.56 Å². The molecule has 120 valence electrons. The van der Waals surface area contributed by atoms with Gasteiger partial charge in [0.1, 0.15) is 5.58 Å². The van der Waals surface area contributed by atoms with Crippen LogP contribution >= 0.6 is 12.4 Å². The van der Waals surface area contributed by atoms with Gasteiger partial charge in [-0.2, -0.15) is 0 Å². The van der Waals surface area contributed by atoms with E-state index in [1.54, 1.807) is 6.26 Å². The van der Waals surface area contributed by atoms with E-state index in [0.717, 1.165) is 41.7 Å². The lowest BCUT2D eigenvalue weighted by Crippen LogP contribution is -2.52. The highest BCUT2D eigenvalue weighted by atomic mass is 35.5. The van der Waals surface area contributed by atoms with Crippen molar-refractivity contribution in [1.29, 1.82) is 0 Å². The quantitative estimate of drug-likeness (QED) is 0.924. The summed E-state index contributed by atoms with van der Waals surface area (Å²) >= 11 is 0. The first kappa shape index (κ1) is 16.8. The summed E-state index contributed by atoms with van der Waals surface area (Å²) in [4.78, 5) is 14.5. The van der Waals surface area contributed by atoms with E-state index in [-0.39, 0.29) is 24.4 Å². The summed E-state index contributed by atoms with van der Waals surface area (Å²) in [5.41, 5.74) is 4.27. The number of hydrogen-bond donors (Lipinski definition) is 1. The van der Waals surface area contributed by atoms with Crippen molar-refractivity contribution >= 4 is 29.3 Å². The van der Waals surface area contributed by atoms with Gasteiger partial charge in [-0.25, -0.2) is 0 Å². The Morgan fingerprint density at radius 3 is 2.91 bits per heavy atom. The maximum atomic E-state index is 12.5. The SMILES string of the molecule is Cc1ccc2c(CC(=O)N3CCNCC3C)coc2c1C.Cl. The maximum absolute atomic E-state index is 12.5. The number of nitrogens with one attached hydrogen (secondary N) is 1. The zero-order chi connectivity index (χ0) is 15.0. The molecule has 0 bridgehead atoms. The Morgan fingerprint density at radius 1 is 1.41 bits per heavy atom. The molecule has 0 spiro atoms. The molecule has 1 aromatic carbocycles. The molecule has 4 nitrogen and oxygen atoms in total. The largest absolute Gasteiger partial charge is 0.464 e. The van der Waals surface area contributed by atoms with Gasteiger partial charge in [-0.05, 0) is 31.9 Å². The molecule has 1 N–H and O–H groups in total. The van der Waals surface area contributed by atoms with Gasteiger partial charge in [0.25, 0.3) is 0 Å². The number of amides is 1. The highest BCUT2D eigenvalue weighted by Gasteiger charge is 2.24. The zero-order valence-electron chi connectivity index (χ0n) is 13.3. The highest BCUT2D eigenvalue weighted by molar-refractivity contribution is 5.89. The van der Waals surface area contributed by atoms with E-state index >= 15 is 0 Å². The van der Waals surface area contributed by atoms with Crippen LogP contribution in [0.1, 0.15) is 23.6 Å². The number of piperazine rings is 1. The summed E-state index contributed by atoms with van der Waals surface area (Å²) in [5.74, 6) is 0.185. The number of carbonyl (C=O) groups excluding carboxylic acids is 1. The molecule has 0 radical (unpaired) electrons. The van der Waals surface area contributed by atoms with Gasteiger partial charge in [-0.1, -0.05) is 12.1 Å². The molecule has 0 saturated carbocycles. The zero-order valence-corrected chi connectivity index (χ0v) is 14.1. The lowest BCUT2D eigenvalue weighted by atomic mass is 10.0. The Labute approximate surface area is 137 Å². The number of hydrogen-bond acceptors (Lipinski definition) is 3. The van der Waals surface area contributed by atoms with Gasteiger partial charge < -0.3 is 14.6 Å². The summed E-state index contributed by atoms with van der Waals surface area (Å²) in [6, 6.07) is 4.41. The van der Waals surface area contributed by atoms with E-state index in [0.29, 0.717) is 6.42 Å². The van der Waals surface area contributed by atoms with Gasteiger partial charge in [-0.15, -0.1) is 12.4 Å². The van der Waals surface area contributed by atoms with Gasteiger partial charge in [0, 0.05) is 36.6 Å². The van der Waals surface area contributed by atoms with E-state index < -0.39 is 0 Å². The van der Waals surface area contributed by atoms with Crippen LogP contribution in [0.15, 0.2) is 22.8 Å². The molecule has 1 aliphatic rings. The minimum Gasteiger partial charge on any atom is -0.464 e.